The van der Waals surface area contributed by atoms with E-state index in [2.05, 4.69) is 0 Å². The number of nitrogens with zero attached hydrogens (tertiary/aromatic N) is 1. The van der Waals surface area contributed by atoms with E-state index >= 15 is 0 Å². The maximum absolute atomic E-state index is 10.6. The van der Waals surface area contributed by atoms with Crippen LogP contribution in [-0.2, 0) is 4.79 Å². The highest BCUT2D eigenvalue weighted by atomic mass is 16.5. The highest BCUT2D eigenvalue weighted by molar-refractivity contribution is 5.90. The number of nitriles is 1. The molecule has 2 N–H and O–H groups in total. The van der Waals surface area contributed by atoms with Crippen LogP contribution in [0.2, 0.25) is 0 Å². The molecule has 0 radical (unpaired) electrons. The first kappa shape index (κ1) is 9.96. The number of hydrogen-bond donors (Lipinski definition) is 2. The summed E-state index contributed by atoms with van der Waals surface area (Å²) in [4.78, 5) is 10.6. The van der Waals surface area contributed by atoms with Crippen LogP contribution in [0.3, 0.4) is 0 Å². The van der Waals surface area contributed by atoms with E-state index in [9.17, 15) is 4.79 Å². The molecule has 0 heterocycles. The molecule has 1 rings (SSSR count). The lowest BCUT2D eigenvalue weighted by molar-refractivity contribution is -0.124. The fourth-order valence-electron chi connectivity index (χ4n) is 0.878. The van der Waals surface area contributed by atoms with Crippen LogP contribution >= 0.6 is 0 Å². The van der Waals surface area contributed by atoms with Crippen molar-refractivity contribution in [3.05, 3.63) is 41.5 Å². The maximum Gasteiger partial charge on any atom is 0.267 e. The zero-order valence-corrected chi connectivity index (χ0v) is 7.27. The van der Waals surface area contributed by atoms with Gasteiger partial charge in [-0.15, -0.1) is 0 Å². The van der Waals surface area contributed by atoms with Crippen LogP contribution in [0.1, 0.15) is 11.1 Å². The average molecular weight is 188 g/mol. The highest BCUT2D eigenvalue weighted by Crippen LogP contribution is 2.04. The van der Waals surface area contributed by atoms with Gasteiger partial charge in [-0.25, -0.2) is 5.48 Å². The van der Waals surface area contributed by atoms with E-state index in [1.165, 1.54) is 17.6 Å². The monoisotopic (exact) mass is 188 g/mol. The van der Waals surface area contributed by atoms with Gasteiger partial charge in [-0.1, -0.05) is 12.1 Å². The van der Waals surface area contributed by atoms with E-state index in [0.717, 1.165) is 5.56 Å². The number of benzene rings is 1. The van der Waals surface area contributed by atoms with E-state index in [1.54, 1.807) is 24.3 Å². The zero-order chi connectivity index (χ0) is 10.4. The lowest BCUT2D eigenvalue weighted by Gasteiger charge is -1.92. The molecular formula is C10H8N2O2. The van der Waals surface area contributed by atoms with Crippen molar-refractivity contribution in [2.75, 3.05) is 0 Å². The van der Waals surface area contributed by atoms with Gasteiger partial charge in [0.05, 0.1) is 11.6 Å². The van der Waals surface area contributed by atoms with Gasteiger partial charge in [0.2, 0.25) is 0 Å². The lowest BCUT2D eigenvalue weighted by Crippen LogP contribution is -2.14. The Morgan fingerprint density at radius 1 is 1.43 bits per heavy atom. The molecule has 0 atom stereocenters. The summed E-state index contributed by atoms with van der Waals surface area (Å²) < 4.78 is 0. The molecule has 70 valence electrons. The van der Waals surface area contributed by atoms with E-state index in [0.29, 0.717) is 5.56 Å². The summed E-state index contributed by atoms with van der Waals surface area (Å²) in [7, 11) is 0. The Bertz CT molecular complexity index is 388. The lowest BCUT2D eigenvalue weighted by atomic mass is 10.1. The van der Waals surface area contributed by atoms with Gasteiger partial charge in [-0.05, 0) is 23.8 Å². The number of carbonyl (C=O) groups is 1. The van der Waals surface area contributed by atoms with Gasteiger partial charge in [0.25, 0.3) is 5.91 Å². The minimum absolute atomic E-state index is 0.564. The normalized spacial score (nSPS) is 9.71. The zero-order valence-electron chi connectivity index (χ0n) is 7.27. The molecule has 0 fully saturated rings. The molecule has 0 aliphatic rings. The van der Waals surface area contributed by atoms with E-state index < -0.39 is 5.91 Å². The third-order valence-corrected chi connectivity index (χ3v) is 1.58. The van der Waals surface area contributed by atoms with Gasteiger partial charge in [-0.2, -0.15) is 5.26 Å². The fraction of sp³-hybridized carbons (Fsp3) is 0. The van der Waals surface area contributed by atoms with Crippen LogP contribution in [-0.4, -0.2) is 11.1 Å². The van der Waals surface area contributed by atoms with Crippen LogP contribution in [0, 0.1) is 11.3 Å². The first-order valence-electron chi connectivity index (χ1n) is 3.88. The van der Waals surface area contributed by atoms with Gasteiger partial charge in [0, 0.05) is 6.08 Å². The summed E-state index contributed by atoms with van der Waals surface area (Å²) in [5.41, 5.74) is 2.83. The SMILES string of the molecule is N#Cc1ccc(C=CC(=O)NO)cc1. The van der Waals surface area contributed by atoms with Gasteiger partial charge in [0.15, 0.2) is 0 Å². The molecule has 0 unspecified atom stereocenters. The summed E-state index contributed by atoms with van der Waals surface area (Å²) in [5.74, 6) is -0.589. The van der Waals surface area contributed by atoms with Gasteiger partial charge < -0.3 is 0 Å². The molecule has 0 aliphatic heterocycles. The number of hydrogen-bond acceptors (Lipinski definition) is 3. The van der Waals surface area contributed by atoms with Crippen molar-refractivity contribution in [3.8, 4) is 6.07 Å². The van der Waals surface area contributed by atoms with E-state index in [1.807, 2.05) is 6.07 Å². The average Bonchev–Trinajstić information content (AvgIpc) is 2.26. The Hall–Kier alpha value is -2.12. The summed E-state index contributed by atoms with van der Waals surface area (Å²) in [6, 6.07) is 8.70. The molecule has 4 nitrogen and oxygen atoms in total. The smallest absolute Gasteiger partial charge is 0.267 e. The molecule has 0 spiro atoms. The Morgan fingerprint density at radius 2 is 2.07 bits per heavy atom. The summed E-state index contributed by atoms with van der Waals surface area (Å²) in [5, 5.41) is 16.7. The van der Waals surface area contributed by atoms with E-state index in [-0.39, 0.29) is 0 Å². The summed E-state index contributed by atoms with van der Waals surface area (Å²) in [6.45, 7) is 0. The second-order valence-electron chi connectivity index (χ2n) is 2.54. The number of carbonyl (C=O) groups excluding carboxylic acids is 1. The van der Waals surface area contributed by atoms with Gasteiger partial charge in [-0.3, -0.25) is 10.0 Å². The molecule has 0 saturated carbocycles. The summed E-state index contributed by atoms with van der Waals surface area (Å²) >= 11 is 0. The minimum Gasteiger partial charge on any atom is -0.288 e. The number of nitrogens with one attached hydrogen (secondary N) is 1. The third kappa shape index (κ3) is 2.73. The van der Waals surface area contributed by atoms with Crippen LogP contribution in [0.4, 0.5) is 0 Å². The summed E-state index contributed by atoms with van der Waals surface area (Å²) in [6.07, 6.45) is 2.73. The minimum atomic E-state index is -0.589. The van der Waals surface area contributed by atoms with Crippen molar-refractivity contribution in [1.29, 1.82) is 5.26 Å². The first-order valence-corrected chi connectivity index (χ1v) is 3.88. The molecule has 14 heavy (non-hydrogen) atoms. The second kappa shape index (κ2) is 4.80. The Kier molecular flexibility index (Phi) is 3.41. The standard InChI is InChI=1S/C10H8N2O2/c11-7-9-3-1-8(2-4-9)5-6-10(13)12-14/h1-6,14H,(H,12,13). The fourth-order valence-corrected chi connectivity index (χ4v) is 0.878. The number of amides is 1. The molecular weight excluding hydrogens is 180 g/mol. The molecule has 0 aromatic heterocycles. The molecule has 1 aromatic carbocycles. The Morgan fingerprint density at radius 3 is 2.57 bits per heavy atom. The van der Waals surface area contributed by atoms with Gasteiger partial charge in [0.1, 0.15) is 0 Å². The Balaban J connectivity index is 2.74. The van der Waals surface area contributed by atoms with Crippen molar-refractivity contribution < 1.29 is 10.0 Å². The van der Waals surface area contributed by atoms with Crippen molar-refractivity contribution in [1.82, 2.24) is 5.48 Å². The molecule has 1 amide bonds. The van der Waals surface area contributed by atoms with Crippen LogP contribution in [0.5, 0.6) is 0 Å². The number of rotatable bonds is 2. The van der Waals surface area contributed by atoms with Crippen molar-refractivity contribution >= 4 is 12.0 Å². The molecule has 4 heteroatoms. The number of hydroxylamine groups is 1. The topological polar surface area (TPSA) is 73.1 Å². The van der Waals surface area contributed by atoms with Gasteiger partial charge >= 0.3 is 0 Å². The van der Waals surface area contributed by atoms with Crippen molar-refractivity contribution in [2.24, 2.45) is 0 Å². The van der Waals surface area contributed by atoms with Crippen LogP contribution in [0.15, 0.2) is 30.3 Å². The first-order chi connectivity index (χ1) is 6.76. The van der Waals surface area contributed by atoms with Crippen LogP contribution in [0.25, 0.3) is 6.08 Å². The predicted molar refractivity (Wildman–Crippen MR) is 50.1 cm³/mol. The maximum atomic E-state index is 10.6. The van der Waals surface area contributed by atoms with E-state index in [4.69, 9.17) is 10.5 Å². The van der Waals surface area contributed by atoms with Crippen molar-refractivity contribution in [2.45, 2.75) is 0 Å². The van der Waals surface area contributed by atoms with Crippen molar-refractivity contribution in [3.63, 3.8) is 0 Å². The molecule has 0 saturated heterocycles. The third-order valence-electron chi connectivity index (χ3n) is 1.58. The predicted octanol–water partition coefficient (Wildman–Crippen LogP) is 1.08. The molecule has 0 aliphatic carbocycles. The highest BCUT2D eigenvalue weighted by Gasteiger charge is 1.92. The quantitative estimate of drug-likeness (QED) is 0.414. The Labute approximate surface area is 81.1 Å². The molecule has 1 aromatic rings. The molecule has 0 bridgehead atoms. The second-order valence-corrected chi connectivity index (χ2v) is 2.54. The largest absolute Gasteiger partial charge is 0.288 e. The van der Waals surface area contributed by atoms with Crippen LogP contribution < -0.4 is 5.48 Å².